The molecule has 0 atom stereocenters. The molecule has 8 heteroatoms. The molecule has 0 bridgehead atoms. The first-order valence-electron chi connectivity index (χ1n) is 11.7. The fourth-order valence-corrected chi connectivity index (χ4v) is 2.72. The van der Waals surface area contributed by atoms with Crippen molar-refractivity contribution in [2.24, 2.45) is 10.9 Å². The Balaban J connectivity index is 0. The molecule has 0 aromatic heterocycles. The van der Waals surface area contributed by atoms with Gasteiger partial charge in [0.1, 0.15) is 0 Å². The van der Waals surface area contributed by atoms with Gasteiger partial charge in [0, 0.05) is 25.8 Å². The number of carbonyl (C=O) groups is 2. The molecular weight excluding hydrogens is 515 g/mol. The number of aliphatic imine (C=N–C) groups is 1. The third-order valence-electron chi connectivity index (χ3n) is 4.76. The quantitative estimate of drug-likeness (QED) is 0.140. The molecule has 0 unspecified atom stereocenters. The number of ether oxygens (including phenoxy) is 1. The number of methoxy groups -OCH3 is 1. The maximum absolute atomic E-state index is 12.1. The van der Waals surface area contributed by atoms with Crippen LogP contribution in [0.15, 0.2) is 82.6 Å². The summed E-state index contributed by atoms with van der Waals surface area (Å²) in [5.74, 6) is 0.681. The molecule has 0 radical (unpaired) electrons. The maximum atomic E-state index is 12.1. The zero-order chi connectivity index (χ0) is 30.1. The van der Waals surface area contributed by atoms with Gasteiger partial charge in [0.25, 0.3) is 0 Å². The summed E-state index contributed by atoms with van der Waals surface area (Å²) in [5, 5.41) is -0.256. The summed E-state index contributed by atoms with van der Waals surface area (Å²) in [4.78, 5) is 26.0. The summed E-state index contributed by atoms with van der Waals surface area (Å²) in [6.45, 7) is 16.3. The van der Waals surface area contributed by atoms with E-state index in [-0.39, 0.29) is 16.6 Å². The van der Waals surface area contributed by atoms with Crippen molar-refractivity contribution in [1.29, 1.82) is 0 Å². The van der Waals surface area contributed by atoms with Crippen LogP contribution in [0, 0.1) is 12.8 Å². The van der Waals surface area contributed by atoms with E-state index in [1.807, 2.05) is 52.0 Å². The van der Waals surface area contributed by atoms with Crippen LogP contribution >= 0.6 is 11.6 Å². The predicted octanol–water partition coefficient (Wildman–Crippen LogP) is 8.71. The zero-order valence-electron chi connectivity index (χ0n) is 23.7. The number of Topliss-reactive ketones (excluding diaryl/α,β-unsaturated/α-hetero) is 2. The molecule has 1 aromatic carbocycles. The number of ketones is 2. The van der Waals surface area contributed by atoms with Crippen molar-refractivity contribution < 1.29 is 27.5 Å². The summed E-state index contributed by atoms with van der Waals surface area (Å²) in [6, 6.07) is 3.82. The second kappa shape index (κ2) is 19.0. The minimum Gasteiger partial charge on any atom is -0.493 e. The van der Waals surface area contributed by atoms with E-state index >= 15 is 0 Å². The highest BCUT2D eigenvalue weighted by Crippen LogP contribution is 2.34. The van der Waals surface area contributed by atoms with Crippen molar-refractivity contribution in [3.63, 3.8) is 0 Å². The second-order valence-corrected chi connectivity index (χ2v) is 8.81. The van der Waals surface area contributed by atoms with Gasteiger partial charge in [-0.2, -0.15) is 13.2 Å². The van der Waals surface area contributed by atoms with Gasteiger partial charge >= 0.3 is 6.18 Å². The highest BCUT2D eigenvalue weighted by atomic mass is 35.5. The monoisotopic (exact) mass is 553 g/mol. The summed E-state index contributed by atoms with van der Waals surface area (Å²) in [5.41, 5.74) is 2.27. The SMILES string of the molecule is C=C(/C=C(\OC)C(C)=O)C(C)C.C\C=C/C=C\C(C)=C(\C=NC)C(C)=O.Cc1ccc(Cl)c(C(F)(F)F)c1. The zero-order valence-corrected chi connectivity index (χ0v) is 24.4. The van der Waals surface area contributed by atoms with Gasteiger partial charge in [0.15, 0.2) is 17.3 Å². The molecule has 0 fully saturated rings. The number of rotatable bonds is 8. The Hall–Kier alpha value is -3.19. The van der Waals surface area contributed by atoms with Gasteiger partial charge in [0.2, 0.25) is 0 Å². The van der Waals surface area contributed by atoms with Crippen molar-refractivity contribution in [3.8, 4) is 0 Å². The largest absolute Gasteiger partial charge is 0.493 e. The van der Waals surface area contributed by atoms with Crippen molar-refractivity contribution in [1.82, 2.24) is 0 Å². The van der Waals surface area contributed by atoms with E-state index in [1.165, 1.54) is 26.2 Å². The number of carbonyl (C=O) groups excluding carboxylic acids is 2. The molecule has 0 aliphatic heterocycles. The lowest BCUT2D eigenvalue weighted by molar-refractivity contribution is -0.137. The van der Waals surface area contributed by atoms with E-state index in [1.54, 1.807) is 33.2 Å². The standard InChI is InChI=1S/C12H17NO.C10H16O2.C8H6ClF3/c1-5-6-7-8-10(2)12(9-13-4)11(3)14;1-7(2)8(3)6-10(12-5)9(4)11;1-5-2-3-7(9)6(4-5)8(10,11)12/h5-9H,1-4H3;6-7H,3H2,1-2,4-5H3;2-4H,1H3/b6-5-,8-7-,12-10-,13-9?;10-6-;. The summed E-state index contributed by atoms with van der Waals surface area (Å²) >= 11 is 5.36. The van der Waals surface area contributed by atoms with E-state index in [0.29, 0.717) is 22.8 Å². The first-order chi connectivity index (χ1) is 17.5. The molecule has 1 rings (SSSR count). The van der Waals surface area contributed by atoms with Crippen LogP contribution < -0.4 is 0 Å². The van der Waals surface area contributed by atoms with Gasteiger partial charge in [-0.1, -0.05) is 68.0 Å². The Bertz CT molecular complexity index is 1090. The van der Waals surface area contributed by atoms with Crippen molar-refractivity contribution in [2.45, 2.75) is 54.6 Å². The highest BCUT2D eigenvalue weighted by molar-refractivity contribution is 6.31. The van der Waals surface area contributed by atoms with Crippen molar-refractivity contribution in [2.75, 3.05) is 14.2 Å². The minimum absolute atomic E-state index is 0.0400. The number of alkyl halides is 3. The number of halogens is 4. The van der Waals surface area contributed by atoms with Gasteiger partial charge in [-0.3, -0.25) is 14.6 Å². The Morgan fingerprint density at radius 2 is 1.68 bits per heavy atom. The third kappa shape index (κ3) is 15.8. The van der Waals surface area contributed by atoms with Crippen molar-refractivity contribution in [3.05, 3.63) is 93.8 Å². The molecule has 0 N–H and O–H groups in total. The Kier molecular flexibility index (Phi) is 18.4. The maximum Gasteiger partial charge on any atom is 0.417 e. The summed E-state index contributed by atoms with van der Waals surface area (Å²) < 4.78 is 41.3. The second-order valence-electron chi connectivity index (χ2n) is 8.40. The number of benzene rings is 1. The molecule has 4 nitrogen and oxygen atoms in total. The number of hydrogen-bond acceptors (Lipinski definition) is 4. The lowest BCUT2D eigenvalue weighted by Gasteiger charge is -2.08. The molecule has 38 heavy (non-hydrogen) atoms. The normalized spacial score (nSPS) is 12.6. The molecule has 210 valence electrons. The lowest BCUT2D eigenvalue weighted by atomic mass is 10.0. The van der Waals surface area contributed by atoms with Crippen LogP contribution in [-0.4, -0.2) is 31.9 Å². The summed E-state index contributed by atoms with van der Waals surface area (Å²) in [6.07, 6.45) is 6.59. The molecule has 0 saturated heterocycles. The summed E-state index contributed by atoms with van der Waals surface area (Å²) in [7, 11) is 3.15. The molecule has 0 aliphatic carbocycles. The smallest absolute Gasteiger partial charge is 0.417 e. The van der Waals surface area contributed by atoms with Crippen molar-refractivity contribution >= 4 is 29.4 Å². The van der Waals surface area contributed by atoms with Gasteiger partial charge < -0.3 is 4.74 Å². The van der Waals surface area contributed by atoms with Crippen LogP contribution in [0.5, 0.6) is 0 Å². The van der Waals surface area contributed by atoms with E-state index in [0.717, 1.165) is 17.2 Å². The average Bonchev–Trinajstić information content (AvgIpc) is 2.82. The third-order valence-corrected chi connectivity index (χ3v) is 5.09. The molecule has 0 saturated carbocycles. The van der Waals surface area contributed by atoms with Gasteiger partial charge in [0.05, 0.1) is 17.7 Å². The molecule has 0 spiro atoms. The molecular formula is C30H39ClF3NO3. The Labute approximate surface area is 230 Å². The van der Waals surface area contributed by atoms with Crippen LogP contribution in [0.1, 0.15) is 52.7 Å². The number of nitrogens with zero attached hydrogens (tertiary/aromatic N) is 1. The topological polar surface area (TPSA) is 55.7 Å². The Morgan fingerprint density at radius 3 is 2.05 bits per heavy atom. The molecule has 0 heterocycles. The predicted molar refractivity (Wildman–Crippen MR) is 153 cm³/mol. The first-order valence-corrected chi connectivity index (χ1v) is 12.1. The van der Waals surface area contributed by atoms with Crippen LogP contribution in [-0.2, 0) is 20.5 Å². The molecule has 0 amide bonds. The number of aryl methyl sites for hydroxylation is 1. The highest BCUT2D eigenvalue weighted by Gasteiger charge is 2.32. The van der Waals surface area contributed by atoms with Crippen LogP contribution in [0.2, 0.25) is 5.02 Å². The Morgan fingerprint density at radius 1 is 1.11 bits per heavy atom. The number of allylic oxidation sites excluding steroid dienone is 9. The van der Waals surface area contributed by atoms with E-state index in [4.69, 9.17) is 16.3 Å². The van der Waals surface area contributed by atoms with E-state index < -0.39 is 11.7 Å². The van der Waals surface area contributed by atoms with E-state index in [9.17, 15) is 22.8 Å². The van der Waals surface area contributed by atoms with Crippen LogP contribution in [0.4, 0.5) is 13.2 Å². The minimum atomic E-state index is -4.36. The van der Waals surface area contributed by atoms with Gasteiger partial charge in [-0.05, 0) is 63.0 Å². The molecule has 1 aromatic rings. The fourth-order valence-electron chi connectivity index (χ4n) is 2.50. The van der Waals surface area contributed by atoms with Gasteiger partial charge in [-0.25, -0.2) is 0 Å². The molecule has 0 aliphatic rings. The number of hydrogen-bond donors (Lipinski definition) is 0. The van der Waals surface area contributed by atoms with Crippen LogP contribution in [0.3, 0.4) is 0 Å². The average molecular weight is 554 g/mol. The van der Waals surface area contributed by atoms with Gasteiger partial charge in [-0.15, -0.1) is 0 Å². The fraction of sp³-hybridized carbons (Fsp3) is 0.367. The first kappa shape index (κ1) is 37.0. The van der Waals surface area contributed by atoms with Crippen LogP contribution in [0.25, 0.3) is 0 Å². The van der Waals surface area contributed by atoms with E-state index in [2.05, 4.69) is 11.6 Å². The lowest BCUT2D eigenvalue weighted by Crippen LogP contribution is -2.05.